The van der Waals surface area contributed by atoms with Gasteiger partial charge in [-0.1, -0.05) is 133 Å². The number of rotatable bonds is 29. The number of ether oxygens (including phenoxy) is 1. The van der Waals surface area contributed by atoms with Crippen LogP contribution in [0.5, 0.6) is 0 Å². The molecule has 0 spiro atoms. The van der Waals surface area contributed by atoms with E-state index in [9.17, 15) is 24.3 Å². The minimum absolute atomic E-state index is 0.0101. The zero-order valence-corrected chi connectivity index (χ0v) is 34.1. The Morgan fingerprint density at radius 2 is 1.27 bits per heavy atom. The van der Waals surface area contributed by atoms with Crippen molar-refractivity contribution in [1.29, 1.82) is 0 Å². The molecule has 12 heteroatoms. The van der Waals surface area contributed by atoms with E-state index in [0.29, 0.717) is 25.8 Å². The quantitative estimate of drug-likeness (QED) is 0.0274. The Morgan fingerprint density at radius 1 is 0.709 bits per heavy atom. The van der Waals surface area contributed by atoms with E-state index in [2.05, 4.69) is 58.3 Å². The van der Waals surface area contributed by atoms with E-state index in [-0.39, 0.29) is 37.2 Å². The Bertz CT molecular complexity index is 1400. The molecule has 0 aliphatic heterocycles. The molecule has 55 heavy (non-hydrogen) atoms. The number of carbonyl (C=O) groups excluding carboxylic acids is 4. The van der Waals surface area contributed by atoms with Gasteiger partial charge in [-0.05, 0) is 55.0 Å². The number of thiol groups is 1. The smallest absolute Gasteiger partial charge is 0.407 e. The van der Waals surface area contributed by atoms with Crippen molar-refractivity contribution in [2.45, 2.75) is 140 Å². The number of alkyl carbamates (subject to hydrolysis) is 1. The second kappa shape index (κ2) is 27.1. The summed E-state index contributed by atoms with van der Waals surface area (Å²) in [7, 11) is 1.56. The van der Waals surface area contributed by atoms with Crippen molar-refractivity contribution in [2.75, 3.05) is 32.5 Å². The average Bonchev–Trinajstić information content (AvgIpc) is 3.52. The summed E-state index contributed by atoms with van der Waals surface area (Å²) in [5.41, 5.74) is 4.37. The maximum atomic E-state index is 13.5. The molecule has 0 aromatic heterocycles. The Balaban J connectivity index is 1.42. The monoisotopic (exact) mass is 781 g/mol. The maximum Gasteiger partial charge on any atom is 0.407 e. The molecule has 2 aromatic rings. The standard InChI is InChI=1S/C43H67N5O6S/c1-3-4-5-6-7-8-9-10-11-12-13-14-15-27-39(49)45-28-21-20-26-37(42(52)47-38(31-55)41(51)46-29-40(50)44-2)48-43(53)54-30-36-34-24-18-16-22-32(34)33-23-17-19-25-35(33)36/h16-19,22-25,36-38,40,44,50,55H,3-15,20-21,26-31H2,1-2H3,(H,45,49)(H,46,51)(H,47,52)(H,48,53)/t37-,38?,40?/m0/s1. The van der Waals surface area contributed by atoms with Crippen LogP contribution in [0.3, 0.4) is 0 Å². The lowest BCUT2D eigenvalue weighted by Gasteiger charge is -2.23. The highest BCUT2D eigenvalue weighted by molar-refractivity contribution is 7.80. The molecule has 1 aliphatic rings. The summed E-state index contributed by atoms with van der Waals surface area (Å²) in [6.07, 6.45) is 16.6. The Morgan fingerprint density at radius 3 is 1.84 bits per heavy atom. The van der Waals surface area contributed by atoms with E-state index in [0.717, 1.165) is 41.5 Å². The van der Waals surface area contributed by atoms with E-state index >= 15 is 0 Å². The fourth-order valence-corrected chi connectivity index (χ4v) is 7.29. The van der Waals surface area contributed by atoms with Gasteiger partial charge in [0, 0.05) is 24.6 Å². The normalized spacial score (nSPS) is 13.6. The van der Waals surface area contributed by atoms with E-state index in [1.54, 1.807) is 7.05 Å². The first-order chi connectivity index (χ1) is 26.8. The van der Waals surface area contributed by atoms with Crippen molar-refractivity contribution in [3.63, 3.8) is 0 Å². The first-order valence-corrected chi connectivity index (χ1v) is 21.3. The second-order valence-electron chi connectivity index (χ2n) is 14.7. The van der Waals surface area contributed by atoms with Crippen LogP contribution < -0.4 is 26.6 Å². The Kier molecular flexibility index (Phi) is 22.5. The zero-order valence-electron chi connectivity index (χ0n) is 33.2. The molecule has 3 atom stereocenters. The molecule has 0 saturated heterocycles. The van der Waals surface area contributed by atoms with Crippen LogP contribution in [0, 0.1) is 0 Å². The molecule has 0 radical (unpaired) electrons. The van der Waals surface area contributed by atoms with E-state index in [1.165, 1.54) is 64.2 Å². The number of nitrogens with one attached hydrogen (secondary N) is 5. The van der Waals surface area contributed by atoms with Gasteiger partial charge in [0.1, 0.15) is 24.9 Å². The number of aliphatic hydroxyl groups excluding tert-OH is 1. The summed E-state index contributed by atoms with van der Waals surface area (Å²) < 4.78 is 5.72. The number of benzene rings is 2. The van der Waals surface area contributed by atoms with Crippen LogP contribution in [-0.2, 0) is 19.1 Å². The van der Waals surface area contributed by atoms with Crippen molar-refractivity contribution in [3.05, 3.63) is 59.7 Å². The van der Waals surface area contributed by atoms with E-state index in [1.807, 2.05) is 36.4 Å². The second-order valence-corrected chi connectivity index (χ2v) is 15.0. The molecule has 3 rings (SSSR count). The van der Waals surface area contributed by atoms with Gasteiger partial charge in [0.15, 0.2) is 0 Å². The third kappa shape index (κ3) is 17.0. The molecular weight excluding hydrogens is 715 g/mol. The van der Waals surface area contributed by atoms with Crippen LogP contribution in [0.25, 0.3) is 11.1 Å². The predicted molar refractivity (Wildman–Crippen MR) is 223 cm³/mol. The number of aliphatic hydroxyl groups is 1. The number of unbranched alkanes of at least 4 members (excludes halogenated alkanes) is 13. The van der Waals surface area contributed by atoms with Gasteiger partial charge in [-0.25, -0.2) is 4.79 Å². The van der Waals surface area contributed by atoms with Crippen molar-refractivity contribution < 1.29 is 29.0 Å². The highest BCUT2D eigenvalue weighted by atomic mass is 32.1. The van der Waals surface area contributed by atoms with Crippen LogP contribution >= 0.6 is 12.6 Å². The van der Waals surface area contributed by atoms with Crippen molar-refractivity contribution >= 4 is 36.4 Å². The molecule has 0 saturated carbocycles. The van der Waals surface area contributed by atoms with Crippen molar-refractivity contribution in [1.82, 2.24) is 26.6 Å². The molecule has 0 fully saturated rings. The minimum atomic E-state index is -0.991. The molecule has 1 aliphatic carbocycles. The number of hydrogen-bond acceptors (Lipinski definition) is 8. The van der Waals surface area contributed by atoms with Gasteiger partial charge in [0.25, 0.3) is 0 Å². The number of carbonyl (C=O) groups is 4. The van der Waals surface area contributed by atoms with Gasteiger partial charge in [-0.3, -0.25) is 19.7 Å². The van der Waals surface area contributed by atoms with Crippen molar-refractivity contribution in [3.8, 4) is 11.1 Å². The molecule has 2 unspecified atom stereocenters. The van der Waals surface area contributed by atoms with Crippen LogP contribution in [-0.4, -0.2) is 79.7 Å². The fourth-order valence-electron chi connectivity index (χ4n) is 7.03. The van der Waals surface area contributed by atoms with E-state index in [4.69, 9.17) is 4.74 Å². The molecule has 6 N–H and O–H groups in total. The van der Waals surface area contributed by atoms with Crippen LogP contribution in [0.2, 0.25) is 0 Å². The predicted octanol–water partition coefficient (Wildman–Crippen LogP) is 6.73. The highest BCUT2D eigenvalue weighted by Crippen LogP contribution is 2.44. The number of likely N-dealkylation sites (N-methyl/N-ethyl adjacent to an activating group) is 1. The van der Waals surface area contributed by atoms with Crippen LogP contribution in [0.15, 0.2) is 48.5 Å². The molecule has 306 valence electrons. The summed E-state index contributed by atoms with van der Waals surface area (Å²) in [5.74, 6) is -1.16. The molecule has 11 nitrogen and oxygen atoms in total. The summed E-state index contributed by atoms with van der Waals surface area (Å²) in [6.45, 7) is 2.76. The lowest BCUT2D eigenvalue weighted by Crippen LogP contribution is -2.55. The summed E-state index contributed by atoms with van der Waals surface area (Å²) in [5, 5.41) is 23.3. The molecular formula is C43H67N5O6S. The molecule has 2 aromatic carbocycles. The summed E-state index contributed by atoms with van der Waals surface area (Å²) in [4.78, 5) is 51.8. The highest BCUT2D eigenvalue weighted by Gasteiger charge is 2.30. The number of fused-ring (bicyclic) bond motifs is 3. The van der Waals surface area contributed by atoms with E-state index < -0.39 is 36.2 Å². The van der Waals surface area contributed by atoms with Crippen LogP contribution in [0.1, 0.15) is 133 Å². The topological polar surface area (TPSA) is 158 Å². The molecule has 0 bridgehead atoms. The first kappa shape index (κ1) is 45.8. The minimum Gasteiger partial charge on any atom is -0.449 e. The zero-order chi connectivity index (χ0) is 39.7. The third-order valence-electron chi connectivity index (χ3n) is 10.3. The van der Waals surface area contributed by atoms with Gasteiger partial charge < -0.3 is 31.1 Å². The number of hydrogen-bond donors (Lipinski definition) is 7. The van der Waals surface area contributed by atoms with Gasteiger partial charge in [-0.15, -0.1) is 0 Å². The van der Waals surface area contributed by atoms with Crippen LogP contribution in [0.4, 0.5) is 4.79 Å². The van der Waals surface area contributed by atoms with Gasteiger partial charge >= 0.3 is 6.09 Å². The first-order valence-electron chi connectivity index (χ1n) is 20.7. The summed E-state index contributed by atoms with van der Waals surface area (Å²) in [6, 6.07) is 14.1. The van der Waals surface area contributed by atoms with Gasteiger partial charge in [0.05, 0.1) is 6.54 Å². The molecule has 0 heterocycles. The summed E-state index contributed by atoms with van der Waals surface area (Å²) >= 11 is 4.24. The SMILES string of the molecule is CCCCCCCCCCCCCCCC(=O)NCCCC[C@H](NC(=O)OCC1c2ccccc2-c2ccccc21)C(=O)NC(CS)C(=O)NCC(O)NC. The lowest BCUT2D eigenvalue weighted by atomic mass is 9.98. The lowest BCUT2D eigenvalue weighted by molar-refractivity contribution is -0.129. The largest absolute Gasteiger partial charge is 0.449 e. The maximum absolute atomic E-state index is 13.5. The van der Waals surface area contributed by atoms with Gasteiger partial charge in [-0.2, -0.15) is 12.6 Å². The fraction of sp³-hybridized carbons (Fsp3) is 0.628. The molecule has 4 amide bonds. The Hall–Kier alpha value is -3.61. The average molecular weight is 782 g/mol. The third-order valence-corrected chi connectivity index (χ3v) is 10.7. The van der Waals surface area contributed by atoms with Crippen molar-refractivity contribution in [2.24, 2.45) is 0 Å². The number of amides is 4. The van der Waals surface area contributed by atoms with Gasteiger partial charge in [0.2, 0.25) is 17.7 Å². The Labute approximate surface area is 334 Å².